The topological polar surface area (TPSA) is 105 Å². The number of aryl methyl sites for hydroxylation is 1. The molecule has 1 unspecified atom stereocenters. The molecule has 10 heteroatoms. The molecule has 0 saturated carbocycles. The molecule has 1 heterocycles. The molecule has 1 aromatic carbocycles. The van der Waals surface area contributed by atoms with E-state index in [1.807, 2.05) is 0 Å². The maximum absolute atomic E-state index is 14.1. The highest BCUT2D eigenvalue weighted by atomic mass is 79.9. The van der Waals surface area contributed by atoms with Gasteiger partial charge < -0.3 is 4.57 Å². The second kappa shape index (κ2) is 7.91. The van der Waals surface area contributed by atoms with Crippen molar-refractivity contribution in [1.82, 2.24) is 10.0 Å². The van der Waals surface area contributed by atoms with Gasteiger partial charge >= 0.3 is 0 Å². The Balaban J connectivity index is 2.31. The van der Waals surface area contributed by atoms with Crippen molar-refractivity contribution in [2.24, 2.45) is 0 Å². The second-order valence-electron chi connectivity index (χ2n) is 6.27. The fourth-order valence-electron chi connectivity index (χ4n) is 2.50. The molecule has 1 amide bonds. The highest BCUT2D eigenvalue weighted by molar-refractivity contribution is 9.10. The maximum atomic E-state index is 14.1. The number of benzene rings is 1. The predicted molar refractivity (Wildman–Crippen MR) is 102 cm³/mol. The van der Waals surface area contributed by atoms with Gasteiger partial charge in [-0.05, 0) is 37.1 Å². The van der Waals surface area contributed by atoms with E-state index in [1.54, 1.807) is 6.07 Å². The van der Waals surface area contributed by atoms with E-state index in [0.29, 0.717) is 10.0 Å². The van der Waals surface area contributed by atoms with Crippen molar-refractivity contribution in [2.45, 2.75) is 24.6 Å². The molecule has 0 fully saturated rings. The van der Waals surface area contributed by atoms with Gasteiger partial charge in [-0.25, -0.2) is 18.3 Å². The van der Waals surface area contributed by atoms with Crippen LogP contribution in [-0.4, -0.2) is 35.1 Å². The summed E-state index contributed by atoms with van der Waals surface area (Å²) in [5.41, 5.74) is 1.50. The first-order valence-corrected chi connectivity index (χ1v) is 10.5. The number of carbonyl (C=O) groups excluding carboxylic acids is 1. The fourth-order valence-corrected chi connectivity index (χ4v) is 3.68. The number of nitrogens with zero attached hydrogens (tertiary/aromatic N) is 1. The number of hydroxylamine groups is 1. The minimum absolute atomic E-state index is 0.0844. The van der Waals surface area contributed by atoms with E-state index < -0.39 is 31.9 Å². The molecule has 2 rings (SSSR count). The van der Waals surface area contributed by atoms with Gasteiger partial charge in [0.1, 0.15) is 5.82 Å². The Kier molecular flexibility index (Phi) is 6.23. The number of hydrogen-bond donors (Lipinski definition) is 2. The van der Waals surface area contributed by atoms with Gasteiger partial charge in [0, 0.05) is 35.1 Å². The van der Waals surface area contributed by atoms with Crippen LogP contribution in [0.1, 0.15) is 13.3 Å². The molecular weight excluding hydrogens is 443 g/mol. The summed E-state index contributed by atoms with van der Waals surface area (Å²) in [6.07, 6.45) is 2.05. The number of pyridine rings is 1. The number of carbonyl (C=O) groups is 1. The Morgan fingerprint density at radius 3 is 2.52 bits per heavy atom. The largest absolute Gasteiger partial charge is 0.315 e. The van der Waals surface area contributed by atoms with E-state index in [9.17, 15) is 22.4 Å². The van der Waals surface area contributed by atoms with E-state index in [-0.39, 0.29) is 18.5 Å². The van der Waals surface area contributed by atoms with Crippen LogP contribution in [0.2, 0.25) is 0 Å². The summed E-state index contributed by atoms with van der Waals surface area (Å²) < 4.78 is 37.9. The van der Waals surface area contributed by atoms with Crippen LogP contribution in [0, 0.1) is 5.82 Å². The Morgan fingerprint density at radius 1 is 1.33 bits per heavy atom. The van der Waals surface area contributed by atoms with Gasteiger partial charge in [-0.1, -0.05) is 22.0 Å². The average molecular weight is 461 g/mol. The molecular formula is C17H18BrFN2O5S. The molecule has 0 saturated heterocycles. The monoisotopic (exact) mass is 460 g/mol. The summed E-state index contributed by atoms with van der Waals surface area (Å²) in [5, 5.41) is 8.82. The van der Waals surface area contributed by atoms with Crippen molar-refractivity contribution in [2.75, 3.05) is 6.26 Å². The summed E-state index contributed by atoms with van der Waals surface area (Å²) in [7, 11) is -3.86. The smallest absolute Gasteiger partial charge is 0.264 e. The van der Waals surface area contributed by atoms with Crippen LogP contribution in [0.15, 0.2) is 45.8 Å². The lowest BCUT2D eigenvalue weighted by atomic mass is 10.1. The van der Waals surface area contributed by atoms with E-state index in [4.69, 9.17) is 5.21 Å². The quantitative estimate of drug-likeness (QED) is 0.507. The number of aromatic nitrogens is 1. The number of halogens is 2. The van der Waals surface area contributed by atoms with Crippen molar-refractivity contribution in [3.8, 4) is 11.1 Å². The van der Waals surface area contributed by atoms with Crippen molar-refractivity contribution in [1.29, 1.82) is 0 Å². The summed E-state index contributed by atoms with van der Waals surface area (Å²) in [4.78, 5) is 24.1. The molecule has 146 valence electrons. The van der Waals surface area contributed by atoms with Crippen LogP contribution >= 0.6 is 15.9 Å². The first kappa shape index (κ1) is 21.3. The van der Waals surface area contributed by atoms with Gasteiger partial charge in [0.2, 0.25) is 0 Å². The minimum atomic E-state index is -3.86. The zero-order chi connectivity index (χ0) is 20.4. The molecule has 0 radical (unpaired) electrons. The number of sulfone groups is 1. The van der Waals surface area contributed by atoms with Gasteiger partial charge in [0.05, 0.1) is 0 Å². The summed E-state index contributed by atoms with van der Waals surface area (Å²) >= 11 is 3.16. The van der Waals surface area contributed by atoms with Crippen LogP contribution in [0.25, 0.3) is 11.1 Å². The van der Waals surface area contributed by atoms with Crippen LogP contribution in [0.4, 0.5) is 4.39 Å². The normalized spacial score (nSPS) is 13.8. The van der Waals surface area contributed by atoms with E-state index in [0.717, 1.165) is 6.26 Å². The first-order chi connectivity index (χ1) is 12.5. The first-order valence-electron chi connectivity index (χ1n) is 7.79. The zero-order valence-electron chi connectivity index (χ0n) is 14.6. The van der Waals surface area contributed by atoms with Crippen molar-refractivity contribution in [3.05, 3.63) is 57.2 Å². The number of amides is 1. The average Bonchev–Trinajstić information content (AvgIpc) is 2.58. The molecule has 1 atom stereocenters. The molecule has 1 aromatic heterocycles. The van der Waals surface area contributed by atoms with E-state index in [2.05, 4.69) is 15.9 Å². The molecule has 2 aromatic rings. The molecule has 27 heavy (non-hydrogen) atoms. The second-order valence-corrected chi connectivity index (χ2v) is 9.63. The zero-order valence-corrected chi connectivity index (χ0v) is 17.0. The van der Waals surface area contributed by atoms with Gasteiger partial charge in [-0.2, -0.15) is 0 Å². The van der Waals surface area contributed by atoms with Crippen LogP contribution in [-0.2, 0) is 21.2 Å². The molecule has 2 N–H and O–H groups in total. The molecule has 7 nitrogen and oxygen atoms in total. The van der Waals surface area contributed by atoms with Gasteiger partial charge in [0.15, 0.2) is 14.6 Å². The summed E-state index contributed by atoms with van der Waals surface area (Å²) in [6.45, 7) is 1.09. The third-order valence-electron chi connectivity index (χ3n) is 4.47. The molecule has 0 aliphatic heterocycles. The van der Waals surface area contributed by atoms with Crippen molar-refractivity contribution < 1.29 is 22.8 Å². The number of nitrogens with one attached hydrogen (secondary N) is 1. The highest BCUT2D eigenvalue weighted by Gasteiger charge is 2.43. The summed E-state index contributed by atoms with van der Waals surface area (Å²) in [6, 6.07) is 7.22. The molecule has 0 spiro atoms. The third kappa shape index (κ3) is 4.45. The lowest BCUT2D eigenvalue weighted by molar-refractivity contribution is -0.131. The van der Waals surface area contributed by atoms with Crippen LogP contribution in [0.3, 0.4) is 0 Å². The standard InChI is InChI=1S/C17H18BrFN2O5S/c1-17(16(23)20-24,27(2,25)26)6-8-21-7-5-11(9-15(21)22)13-4-3-12(18)10-14(13)19/h3-5,7,9-10,24H,6,8H2,1-2H3,(H,20,23). The number of hydrogen-bond acceptors (Lipinski definition) is 5. The van der Waals surface area contributed by atoms with Gasteiger partial charge in [0.25, 0.3) is 11.5 Å². The minimum Gasteiger partial charge on any atom is -0.315 e. The molecule has 0 aliphatic rings. The number of rotatable bonds is 6. The predicted octanol–water partition coefficient (Wildman–Crippen LogP) is 2.12. The van der Waals surface area contributed by atoms with E-state index >= 15 is 0 Å². The highest BCUT2D eigenvalue weighted by Crippen LogP contribution is 2.25. The Morgan fingerprint density at radius 2 is 2.00 bits per heavy atom. The van der Waals surface area contributed by atoms with Crippen molar-refractivity contribution >= 4 is 31.7 Å². The molecule has 0 bridgehead atoms. The Hall–Kier alpha value is -2.04. The molecule has 0 aliphatic carbocycles. The van der Waals surface area contributed by atoms with Crippen LogP contribution in [0.5, 0.6) is 0 Å². The lowest BCUT2D eigenvalue weighted by Gasteiger charge is -2.25. The maximum Gasteiger partial charge on any atom is 0.264 e. The Bertz CT molecular complexity index is 1040. The summed E-state index contributed by atoms with van der Waals surface area (Å²) in [5.74, 6) is -1.57. The third-order valence-corrected chi connectivity index (χ3v) is 6.99. The van der Waals surface area contributed by atoms with E-state index in [1.165, 1.54) is 47.4 Å². The van der Waals surface area contributed by atoms with Crippen molar-refractivity contribution in [3.63, 3.8) is 0 Å². The lowest BCUT2D eigenvalue weighted by Crippen LogP contribution is -2.49. The SMILES string of the molecule is CC(CCn1ccc(-c2ccc(Br)cc2F)cc1=O)(C(=O)NO)S(C)(=O)=O. The van der Waals surface area contributed by atoms with Gasteiger partial charge in [-0.15, -0.1) is 0 Å². The Labute approximate surface area is 163 Å². The van der Waals surface area contributed by atoms with Gasteiger partial charge in [-0.3, -0.25) is 14.8 Å². The van der Waals surface area contributed by atoms with Crippen LogP contribution < -0.4 is 11.0 Å². The fraction of sp³-hybridized carbons (Fsp3) is 0.294.